The second kappa shape index (κ2) is 3.95. The van der Waals surface area contributed by atoms with Crippen molar-refractivity contribution in [3.63, 3.8) is 0 Å². The van der Waals surface area contributed by atoms with Gasteiger partial charge in [-0.25, -0.2) is 0 Å². The van der Waals surface area contributed by atoms with Crippen molar-refractivity contribution in [3.05, 3.63) is 30.0 Å². The van der Waals surface area contributed by atoms with E-state index in [1.807, 2.05) is 0 Å². The van der Waals surface area contributed by atoms with Gasteiger partial charge < -0.3 is 15.0 Å². The van der Waals surface area contributed by atoms with Crippen molar-refractivity contribution in [1.82, 2.24) is 9.88 Å². The Morgan fingerprint density at radius 3 is 3.20 bits per heavy atom. The molecule has 1 aromatic heterocycles. The lowest BCUT2D eigenvalue weighted by atomic mass is 10.1. The highest BCUT2D eigenvalue weighted by Gasteiger charge is 2.07. The number of nitrogens with zero attached hydrogens (tertiary/aromatic N) is 1. The third kappa shape index (κ3) is 1.97. The van der Waals surface area contributed by atoms with Gasteiger partial charge in [-0.3, -0.25) is 0 Å². The van der Waals surface area contributed by atoms with Crippen LogP contribution in [0.25, 0.3) is 10.9 Å². The van der Waals surface area contributed by atoms with E-state index in [-0.39, 0.29) is 21.6 Å². The molecule has 1 heterocycles. The standard InChI is InChI=1S/C12H16N2O/c1-14(2)7-6-9-8-13-10-4-3-5-11(15)12(9)10/h3-5,8,13,15H,6-7H2,1-2H3/i1D3,2D3,6D2. The van der Waals surface area contributed by atoms with Crippen LogP contribution < -0.4 is 0 Å². The number of hydrogen-bond acceptors (Lipinski definition) is 2. The van der Waals surface area contributed by atoms with Crippen LogP contribution in [0.4, 0.5) is 0 Å². The van der Waals surface area contributed by atoms with Gasteiger partial charge in [0.25, 0.3) is 0 Å². The number of hydrogen-bond donors (Lipinski definition) is 2. The van der Waals surface area contributed by atoms with Crippen LogP contribution in [0.2, 0.25) is 0 Å². The number of fused-ring (bicyclic) bond motifs is 1. The minimum absolute atomic E-state index is 0.00380. The first-order valence-electron chi connectivity index (χ1n) is 8.41. The van der Waals surface area contributed by atoms with Crippen LogP contribution in [0.5, 0.6) is 5.75 Å². The Bertz CT molecular complexity index is 689. The summed E-state index contributed by atoms with van der Waals surface area (Å²) in [5.74, 6) is -0.169. The molecule has 0 aliphatic heterocycles. The SMILES string of the molecule is [2H]C([2H])(CN(C([2H])([2H])[2H])C([2H])([2H])[2H])c1c[nH]c2cccc(O)c12. The molecule has 0 saturated carbocycles. The molecule has 2 aromatic rings. The largest absolute Gasteiger partial charge is 0.507 e. The van der Waals surface area contributed by atoms with E-state index < -0.39 is 26.9 Å². The highest BCUT2D eigenvalue weighted by molar-refractivity contribution is 5.88. The van der Waals surface area contributed by atoms with Gasteiger partial charge in [0.05, 0.1) is 0 Å². The predicted octanol–water partition coefficient (Wildman–Crippen LogP) is 1.98. The molecule has 0 fully saturated rings. The topological polar surface area (TPSA) is 39.3 Å². The summed E-state index contributed by atoms with van der Waals surface area (Å²) in [6, 6.07) is 4.58. The number of phenols is 1. The number of aromatic amines is 1. The molecule has 0 saturated heterocycles. The second-order valence-corrected chi connectivity index (χ2v) is 3.16. The third-order valence-corrected chi connectivity index (χ3v) is 2.11. The number of rotatable bonds is 3. The minimum Gasteiger partial charge on any atom is -0.507 e. The van der Waals surface area contributed by atoms with Gasteiger partial charge in [-0.15, -0.1) is 0 Å². The fraction of sp³-hybridized carbons (Fsp3) is 0.333. The van der Waals surface area contributed by atoms with E-state index in [4.69, 9.17) is 11.0 Å². The molecular formula is C12H16N2O. The number of phenolic OH excluding ortho intramolecular Hbond substituents is 1. The zero-order valence-electron chi connectivity index (χ0n) is 15.9. The van der Waals surface area contributed by atoms with Crippen LogP contribution in [0.3, 0.4) is 0 Å². The van der Waals surface area contributed by atoms with E-state index in [2.05, 4.69) is 4.98 Å². The van der Waals surface area contributed by atoms with E-state index in [1.165, 1.54) is 12.3 Å². The maximum absolute atomic E-state index is 9.94. The Kier molecular flexibility index (Phi) is 1.10. The highest BCUT2D eigenvalue weighted by atomic mass is 16.3. The van der Waals surface area contributed by atoms with Crippen LogP contribution in [0.15, 0.2) is 24.4 Å². The van der Waals surface area contributed by atoms with Crippen molar-refractivity contribution < 1.29 is 16.1 Å². The van der Waals surface area contributed by atoms with Crippen LogP contribution in [-0.2, 0) is 6.37 Å². The van der Waals surface area contributed by atoms with Crippen LogP contribution in [0, 0.1) is 0 Å². The Hall–Kier alpha value is -1.48. The number of H-pyrrole nitrogens is 1. The maximum Gasteiger partial charge on any atom is 0.125 e. The molecule has 0 unspecified atom stereocenters. The first-order valence-corrected chi connectivity index (χ1v) is 4.41. The van der Waals surface area contributed by atoms with Gasteiger partial charge >= 0.3 is 0 Å². The number of aromatic nitrogens is 1. The molecule has 15 heavy (non-hydrogen) atoms. The third-order valence-electron chi connectivity index (χ3n) is 2.11. The van der Waals surface area contributed by atoms with Crippen LogP contribution in [0.1, 0.15) is 16.5 Å². The normalized spacial score (nSPS) is 21.9. The monoisotopic (exact) mass is 212 g/mol. The van der Waals surface area contributed by atoms with E-state index in [1.54, 1.807) is 12.1 Å². The van der Waals surface area contributed by atoms with Gasteiger partial charge in [-0.2, -0.15) is 0 Å². The maximum atomic E-state index is 9.94. The fourth-order valence-electron chi connectivity index (χ4n) is 1.47. The summed E-state index contributed by atoms with van der Waals surface area (Å²) in [6.07, 6.45) is -0.999. The summed E-state index contributed by atoms with van der Waals surface area (Å²) < 4.78 is 60.3. The van der Waals surface area contributed by atoms with Crippen molar-refractivity contribution in [2.75, 3.05) is 20.5 Å². The van der Waals surface area contributed by atoms with Gasteiger partial charge in [0.2, 0.25) is 0 Å². The van der Waals surface area contributed by atoms with Gasteiger partial charge in [0.15, 0.2) is 0 Å². The van der Waals surface area contributed by atoms with E-state index in [9.17, 15) is 5.11 Å². The molecule has 2 rings (SSSR count). The average molecular weight is 212 g/mol. The zero-order valence-corrected chi connectivity index (χ0v) is 7.91. The van der Waals surface area contributed by atoms with E-state index >= 15 is 0 Å². The van der Waals surface area contributed by atoms with Crippen molar-refractivity contribution in [2.45, 2.75) is 6.37 Å². The van der Waals surface area contributed by atoms with Crippen molar-refractivity contribution in [1.29, 1.82) is 0 Å². The molecule has 0 spiro atoms. The molecule has 80 valence electrons. The molecule has 0 atom stereocenters. The molecule has 0 aliphatic carbocycles. The first kappa shape index (κ1) is 4.18. The zero-order chi connectivity index (χ0) is 17.6. The summed E-state index contributed by atoms with van der Waals surface area (Å²) in [6.45, 7) is -6.83. The Labute approximate surface area is 101 Å². The predicted molar refractivity (Wildman–Crippen MR) is 62.2 cm³/mol. The Morgan fingerprint density at radius 2 is 2.40 bits per heavy atom. The van der Waals surface area contributed by atoms with Gasteiger partial charge in [0, 0.05) is 34.6 Å². The van der Waals surface area contributed by atoms with E-state index in [0.717, 1.165) is 0 Å². The first-order chi connectivity index (χ1) is 10.3. The quantitative estimate of drug-likeness (QED) is 0.816. The molecule has 0 amide bonds. The van der Waals surface area contributed by atoms with Gasteiger partial charge in [-0.1, -0.05) is 6.07 Å². The fourth-order valence-corrected chi connectivity index (χ4v) is 1.47. The summed E-state index contributed by atoms with van der Waals surface area (Å²) in [7, 11) is 0. The molecule has 3 heteroatoms. The summed E-state index contributed by atoms with van der Waals surface area (Å²) >= 11 is 0. The van der Waals surface area contributed by atoms with Crippen molar-refractivity contribution in [3.8, 4) is 5.75 Å². The second-order valence-electron chi connectivity index (χ2n) is 3.16. The summed E-state index contributed by atoms with van der Waals surface area (Å²) in [5, 5.41) is 10.1. The molecule has 0 bridgehead atoms. The number of likely N-dealkylation sites (N-methyl/N-ethyl adjacent to an activating group) is 1. The van der Waals surface area contributed by atoms with Gasteiger partial charge in [-0.05, 0) is 38.0 Å². The van der Waals surface area contributed by atoms with Crippen molar-refractivity contribution >= 4 is 10.9 Å². The Morgan fingerprint density at radius 1 is 1.53 bits per heavy atom. The minimum atomic E-state index is -2.98. The van der Waals surface area contributed by atoms with Crippen LogP contribution in [-0.4, -0.2) is 35.5 Å². The number of nitrogens with one attached hydrogen (secondary N) is 1. The lowest BCUT2D eigenvalue weighted by Crippen LogP contribution is -2.14. The molecule has 3 nitrogen and oxygen atoms in total. The molecule has 2 N–H and O–H groups in total. The summed E-state index contributed by atoms with van der Waals surface area (Å²) in [5.41, 5.74) is 0.474. The van der Waals surface area contributed by atoms with Crippen molar-refractivity contribution in [2.24, 2.45) is 0 Å². The Balaban J connectivity index is 2.48. The smallest absolute Gasteiger partial charge is 0.125 e. The number of benzene rings is 1. The highest BCUT2D eigenvalue weighted by Crippen LogP contribution is 2.27. The summed E-state index contributed by atoms with van der Waals surface area (Å²) in [4.78, 5) is 2.95. The van der Waals surface area contributed by atoms with Gasteiger partial charge in [0.1, 0.15) is 5.75 Å². The molecule has 1 aromatic carbocycles. The molecular weight excluding hydrogens is 188 g/mol. The molecule has 0 aliphatic rings. The lowest BCUT2D eigenvalue weighted by Gasteiger charge is -2.08. The van der Waals surface area contributed by atoms with E-state index in [0.29, 0.717) is 5.52 Å². The van der Waals surface area contributed by atoms with Crippen LogP contribution >= 0.6 is 0 Å². The number of aromatic hydroxyl groups is 1. The lowest BCUT2D eigenvalue weighted by molar-refractivity contribution is 0.414. The molecule has 0 radical (unpaired) electrons. The average Bonchev–Trinajstić information content (AvgIpc) is 2.79.